The molecule has 0 saturated carbocycles. The van der Waals surface area contributed by atoms with Crippen LogP contribution in [0.2, 0.25) is 5.02 Å². The summed E-state index contributed by atoms with van der Waals surface area (Å²) in [5.74, 6) is 0.345. The number of thioether (sulfide) groups is 1. The third-order valence-corrected chi connectivity index (χ3v) is 5.59. The minimum absolute atomic E-state index is 0.0335. The molecule has 0 aliphatic carbocycles. The molecule has 9 nitrogen and oxygen atoms in total. The third-order valence-electron chi connectivity index (χ3n) is 4.43. The number of aromatic nitrogens is 3. The molecule has 1 aromatic heterocycles. The van der Waals surface area contributed by atoms with Crippen molar-refractivity contribution in [2.24, 2.45) is 0 Å². The van der Waals surface area contributed by atoms with Crippen LogP contribution in [-0.4, -0.2) is 43.7 Å². The summed E-state index contributed by atoms with van der Waals surface area (Å²) in [6, 6.07) is 12.8. The van der Waals surface area contributed by atoms with Crippen LogP contribution >= 0.6 is 23.4 Å². The number of non-ortho nitro benzene ring substituents is 1. The zero-order valence-electron chi connectivity index (χ0n) is 17.2. The fourth-order valence-corrected chi connectivity index (χ4v) is 4.00. The molecule has 0 atom stereocenters. The van der Waals surface area contributed by atoms with Crippen molar-refractivity contribution in [1.29, 1.82) is 0 Å². The highest BCUT2D eigenvalue weighted by Crippen LogP contribution is 2.25. The zero-order valence-corrected chi connectivity index (χ0v) is 18.7. The van der Waals surface area contributed by atoms with Gasteiger partial charge in [-0.05, 0) is 24.6 Å². The summed E-state index contributed by atoms with van der Waals surface area (Å²) in [7, 11) is 0. The maximum absolute atomic E-state index is 12.6. The van der Waals surface area contributed by atoms with Crippen molar-refractivity contribution >= 4 is 40.7 Å². The molecule has 0 saturated heterocycles. The van der Waals surface area contributed by atoms with Crippen molar-refractivity contribution in [2.75, 3.05) is 12.3 Å². The predicted molar refractivity (Wildman–Crippen MR) is 122 cm³/mol. The van der Waals surface area contributed by atoms with E-state index in [4.69, 9.17) is 11.6 Å². The van der Waals surface area contributed by atoms with E-state index in [0.717, 1.165) is 5.69 Å². The SMILES string of the molecule is CC(=O)NCCCc1nnc(SCC(=O)c2cccc([N+](=O)[O-])c2)n1-c1cccc(Cl)c1. The summed E-state index contributed by atoms with van der Waals surface area (Å²) in [5.41, 5.74) is 0.878. The van der Waals surface area contributed by atoms with E-state index in [-0.39, 0.29) is 28.7 Å². The zero-order chi connectivity index (χ0) is 23.1. The Morgan fingerprint density at radius 3 is 2.69 bits per heavy atom. The highest BCUT2D eigenvalue weighted by atomic mass is 35.5. The first-order valence-corrected chi connectivity index (χ1v) is 11.1. The van der Waals surface area contributed by atoms with E-state index in [1.807, 2.05) is 10.6 Å². The normalized spacial score (nSPS) is 10.7. The molecule has 0 radical (unpaired) electrons. The number of hydrogen-bond acceptors (Lipinski definition) is 7. The van der Waals surface area contributed by atoms with Gasteiger partial charge in [0.15, 0.2) is 10.9 Å². The van der Waals surface area contributed by atoms with E-state index in [2.05, 4.69) is 15.5 Å². The van der Waals surface area contributed by atoms with Crippen molar-refractivity contribution in [1.82, 2.24) is 20.1 Å². The van der Waals surface area contributed by atoms with Crippen LogP contribution in [0.4, 0.5) is 5.69 Å². The van der Waals surface area contributed by atoms with Gasteiger partial charge in [-0.15, -0.1) is 10.2 Å². The molecule has 0 spiro atoms. The molecule has 2 aromatic carbocycles. The lowest BCUT2D eigenvalue weighted by Gasteiger charge is -2.11. The van der Waals surface area contributed by atoms with Gasteiger partial charge in [-0.3, -0.25) is 24.3 Å². The number of hydrogen-bond donors (Lipinski definition) is 1. The fourth-order valence-electron chi connectivity index (χ4n) is 2.95. The molecule has 0 aliphatic heterocycles. The molecule has 0 fully saturated rings. The summed E-state index contributed by atoms with van der Waals surface area (Å²) in [5, 5.41) is 23.3. The second-order valence-corrected chi connectivity index (χ2v) is 8.20. The lowest BCUT2D eigenvalue weighted by Crippen LogP contribution is -2.21. The van der Waals surface area contributed by atoms with E-state index >= 15 is 0 Å². The highest BCUT2D eigenvalue weighted by molar-refractivity contribution is 7.99. The quantitative estimate of drug-likeness (QED) is 0.156. The molecule has 0 unspecified atom stereocenters. The molecule has 0 aliphatic rings. The number of ketones is 1. The Bertz CT molecular complexity index is 1150. The van der Waals surface area contributed by atoms with Crippen LogP contribution in [-0.2, 0) is 11.2 Å². The molecule has 3 aromatic rings. The molecule has 1 N–H and O–H groups in total. The predicted octanol–water partition coefficient (Wildman–Crippen LogP) is 3.87. The Kier molecular flexibility index (Phi) is 7.96. The maximum atomic E-state index is 12.6. The Balaban J connectivity index is 1.79. The second kappa shape index (κ2) is 10.9. The minimum atomic E-state index is -0.535. The van der Waals surface area contributed by atoms with Gasteiger partial charge in [0, 0.05) is 42.6 Å². The Morgan fingerprint density at radius 2 is 1.97 bits per heavy atom. The van der Waals surface area contributed by atoms with Crippen LogP contribution in [0.3, 0.4) is 0 Å². The van der Waals surface area contributed by atoms with Gasteiger partial charge in [-0.25, -0.2) is 0 Å². The smallest absolute Gasteiger partial charge is 0.270 e. The average molecular weight is 474 g/mol. The van der Waals surface area contributed by atoms with Crippen LogP contribution in [0.5, 0.6) is 0 Å². The summed E-state index contributed by atoms with van der Waals surface area (Å²) < 4.78 is 1.82. The van der Waals surface area contributed by atoms with E-state index in [1.165, 1.54) is 36.9 Å². The lowest BCUT2D eigenvalue weighted by atomic mass is 10.1. The molecule has 3 rings (SSSR count). The van der Waals surface area contributed by atoms with Crippen LogP contribution in [0.25, 0.3) is 5.69 Å². The molecule has 0 bridgehead atoms. The van der Waals surface area contributed by atoms with Gasteiger partial charge in [0.2, 0.25) is 5.91 Å². The van der Waals surface area contributed by atoms with Gasteiger partial charge in [-0.2, -0.15) is 0 Å². The topological polar surface area (TPSA) is 120 Å². The third kappa shape index (κ3) is 6.14. The maximum Gasteiger partial charge on any atom is 0.270 e. The van der Waals surface area contributed by atoms with Gasteiger partial charge in [0.1, 0.15) is 5.82 Å². The Hall–Kier alpha value is -3.24. The first-order chi connectivity index (χ1) is 15.3. The number of nitrogens with one attached hydrogen (secondary N) is 1. The lowest BCUT2D eigenvalue weighted by molar-refractivity contribution is -0.384. The average Bonchev–Trinajstić information content (AvgIpc) is 3.17. The van der Waals surface area contributed by atoms with Gasteiger partial charge in [0.25, 0.3) is 5.69 Å². The van der Waals surface area contributed by atoms with E-state index < -0.39 is 4.92 Å². The molecule has 1 heterocycles. The van der Waals surface area contributed by atoms with Gasteiger partial charge >= 0.3 is 0 Å². The molecule has 11 heteroatoms. The van der Waals surface area contributed by atoms with Crippen molar-refractivity contribution in [3.63, 3.8) is 0 Å². The number of Topliss-reactive ketones (excluding diaryl/α,β-unsaturated/α-hetero) is 1. The number of amides is 1. The monoisotopic (exact) mass is 473 g/mol. The summed E-state index contributed by atoms with van der Waals surface area (Å²) in [6.07, 6.45) is 1.22. The van der Waals surface area contributed by atoms with Crippen molar-refractivity contribution < 1.29 is 14.5 Å². The molecular weight excluding hydrogens is 454 g/mol. The van der Waals surface area contributed by atoms with E-state index in [9.17, 15) is 19.7 Å². The number of nitrogens with zero attached hydrogens (tertiary/aromatic N) is 4. The van der Waals surface area contributed by atoms with Gasteiger partial charge < -0.3 is 5.32 Å². The van der Waals surface area contributed by atoms with Crippen LogP contribution in [0.15, 0.2) is 53.7 Å². The minimum Gasteiger partial charge on any atom is -0.356 e. The molecule has 1 amide bonds. The van der Waals surface area contributed by atoms with Crippen LogP contribution in [0.1, 0.15) is 29.5 Å². The molecular formula is C21H20ClN5O4S. The van der Waals surface area contributed by atoms with Crippen molar-refractivity contribution in [3.05, 3.63) is 75.1 Å². The van der Waals surface area contributed by atoms with Gasteiger partial charge in [-0.1, -0.05) is 41.6 Å². The largest absolute Gasteiger partial charge is 0.356 e. The number of carbonyl (C=O) groups excluding carboxylic acids is 2. The fraction of sp³-hybridized carbons (Fsp3) is 0.238. The van der Waals surface area contributed by atoms with Crippen LogP contribution < -0.4 is 5.32 Å². The number of aryl methyl sites for hydroxylation is 1. The van der Waals surface area contributed by atoms with Crippen molar-refractivity contribution in [3.8, 4) is 5.69 Å². The second-order valence-electron chi connectivity index (χ2n) is 6.82. The number of halogens is 1. The number of rotatable bonds is 10. The standard InChI is InChI=1S/C21H20ClN5O4S/c1-14(28)23-10-4-9-20-24-25-21(26(20)17-7-3-6-16(22)12-17)32-13-19(29)15-5-2-8-18(11-15)27(30)31/h2-3,5-8,11-12H,4,9-10,13H2,1H3,(H,23,28). The van der Waals surface area contributed by atoms with E-state index in [1.54, 1.807) is 24.3 Å². The highest BCUT2D eigenvalue weighted by Gasteiger charge is 2.18. The Morgan fingerprint density at radius 1 is 1.19 bits per heavy atom. The summed E-state index contributed by atoms with van der Waals surface area (Å²) in [6.45, 7) is 1.97. The first kappa shape index (κ1) is 23.4. The Labute approximate surface area is 193 Å². The number of carbonyl (C=O) groups is 2. The summed E-state index contributed by atoms with van der Waals surface area (Å²) in [4.78, 5) is 34.1. The van der Waals surface area contributed by atoms with E-state index in [0.29, 0.717) is 35.4 Å². The number of benzene rings is 2. The number of nitro groups is 1. The van der Waals surface area contributed by atoms with Gasteiger partial charge in [0.05, 0.1) is 16.4 Å². The first-order valence-electron chi connectivity index (χ1n) is 9.70. The van der Waals surface area contributed by atoms with Crippen LogP contribution in [0, 0.1) is 10.1 Å². The van der Waals surface area contributed by atoms with Crippen molar-refractivity contribution in [2.45, 2.75) is 24.9 Å². The number of nitro benzene ring substituents is 1. The summed E-state index contributed by atoms with van der Waals surface area (Å²) >= 11 is 7.35. The molecule has 32 heavy (non-hydrogen) atoms. The molecule has 166 valence electrons.